The van der Waals surface area contributed by atoms with Crippen molar-refractivity contribution in [2.24, 2.45) is 5.92 Å². The molecule has 16 nitrogen and oxygen atoms in total. The van der Waals surface area contributed by atoms with Crippen molar-refractivity contribution in [3.8, 4) is 0 Å². The van der Waals surface area contributed by atoms with Gasteiger partial charge in [0.25, 0.3) is 0 Å². The zero-order chi connectivity index (χ0) is 48.6. The summed E-state index contributed by atoms with van der Waals surface area (Å²) in [6.07, 6.45) is 6.95. The third kappa shape index (κ3) is 8.34. The highest BCUT2D eigenvalue weighted by molar-refractivity contribution is 7.51. The van der Waals surface area contributed by atoms with Gasteiger partial charge in [-0.3, -0.25) is 48.3 Å². The summed E-state index contributed by atoms with van der Waals surface area (Å²) in [4.78, 5) is 103. The molecule has 5 amide bonds. The molecule has 10 rings (SSSR count). The van der Waals surface area contributed by atoms with Crippen molar-refractivity contribution in [2.75, 3.05) is 24.6 Å². The molecule has 1 aromatic heterocycles. The first kappa shape index (κ1) is 47.8. The first-order valence-electron chi connectivity index (χ1n) is 24.0. The van der Waals surface area contributed by atoms with Crippen molar-refractivity contribution in [3.63, 3.8) is 0 Å². The van der Waals surface area contributed by atoms with E-state index in [2.05, 4.69) is 21.3 Å². The molecule has 4 aliphatic heterocycles. The van der Waals surface area contributed by atoms with Crippen LogP contribution in [0, 0.1) is 11.7 Å². The standard InChI is InChI=1S/C49H55Cl2FN7O9P/c50-30-10-13-33-35(26-30)54-46(64)49(33)40(32-5-4-6-34(51)41(32)52)42(56-48(49)19-2-1-3-20-48)44(62)53-31-11-7-28(8-12-31)45(63)57-21-17-27(18-22-57)29-9-14-36-38(25-29)58(23-24-69(66,67)68)47(65)59(36)37-15-16-39(60)55-43(37)61/h4-6,9-10,13-14,25-28,31,37,40,42,56H,1-3,7-8,11-12,15-24H2,(H,53,62)(H,54,64)(H,55,60,61)(H2,66,67,68)/t28?,31?,37?,40-,42+,49+/m0/s1. The quantitative estimate of drug-likeness (QED) is 0.0832. The second kappa shape index (κ2) is 18.4. The lowest BCUT2D eigenvalue weighted by Gasteiger charge is -2.47. The molecule has 3 aromatic carbocycles. The molecule has 0 radical (unpaired) electrons. The molecule has 6 N–H and O–H groups in total. The zero-order valence-corrected chi connectivity index (χ0v) is 40.3. The van der Waals surface area contributed by atoms with Crippen molar-refractivity contribution in [3.05, 3.63) is 97.6 Å². The largest absolute Gasteiger partial charge is 0.352 e. The number of rotatable bonds is 9. The average molecular weight is 1010 g/mol. The van der Waals surface area contributed by atoms with Crippen LogP contribution in [0.2, 0.25) is 10.0 Å². The zero-order valence-electron chi connectivity index (χ0n) is 37.9. The molecule has 366 valence electrons. The highest BCUT2D eigenvalue weighted by atomic mass is 35.5. The van der Waals surface area contributed by atoms with Crippen molar-refractivity contribution in [1.29, 1.82) is 0 Å². The van der Waals surface area contributed by atoms with Crippen molar-refractivity contribution in [1.82, 2.24) is 30.0 Å². The fourth-order valence-corrected chi connectivity index (χ4v) is 13.7. The van der Waals surface area contributed by atoms with E-state index in [4.69, 9.17) is 23.2 Å². The van der Waals surface area contributed by atoms with E-state index in [1.165, 1.54) is 15.2 Å². The van der Waals surface area contributed by atoms with E-state index in [9.17, 15) is 43.1 Å². The number of imidazole rings is 1. The second-order valence-corrected chi connectivity index (χ2v) is 22.5. The van der Waals surface area contributed by atoms with Gasteiger partial charge < -0.3 is 25.3 Å². The molecule has 2 saturated carbocycles. The maximum absolute atomic E-state index is 16.4. The number of amides is 5. The molecule has 1 unspecified atom stereocenters. The van der Waals surface area contributed by atoms with E-state index in [1.807, 2.05) is 23.1 Å². The summed E-state index contributed by atoms with van der Waals surface area (Å²) >= 11 is 12.8. The normalized spacial score (nSPS) is 27.2. The number of nitrogens with one attached hydrogen (secondary N) is 4. The van der Waals surface area contributed by atoms with Gasteiger partial charge in [-0.15, -0.1) is 0 Å². The first-order chi connectivity index (χ1) is 33.0. The van der Waals surface area contributed by atoms with Crippen LogP contribution in [0.4, 0.5) is 10.1 Å². The monoisotopic (exact) mass is 1010 g/mol. The van der Waals surface area contributed by atoms with Crippen LogP contribution in [0.5, 0.6) is 0 Å². The number of likely N-dealkylation sites (tertiary alicyclic amines) is 1. The summed E-state index contributed by atoms with van der Waals surface area (Å²) in [5.41, 5.74) is 0.376. The van der Waals surface area contributed by atoms with Crippen LogP contribution in [0.15, 0.2) is 59.4 Å². The highest BCUT2D eigenvalue weighted by Crippen LogP contribution is 2.63. The molecule has 2 spiro atoms. The lowest BCUT2D eigenvalue weighted by Crippen LogP contribution is -2.60. The van der Waals surface area contributed by atoms with Crippen LogP contribution in [0.3, 0.4) is 0 Å². The molecule has 69 heavy (non-hydrogen) atoms. The van der Waals surface area contributed by atoms with Gasteiger partial charge in [-0.1, -0.05) is 66.7 Å². The molecule has 5 fully saturated rings. The van der Waals surface area contributed by atoms with Crippen molar-refractivity contribution >= 4 is 77.1 Å². The predicted octanol–water partition coefficient (Wildman–Crippen LogP) is 6.13. The number of piperidine rings is 2. The van der Waals surface area contributed by atoms with Crippen LogP contribution in [0.1, 0.15) is 118 Å². The van der Waals surface area contributed by atoms with Gasteiger partial charge in [0.15, 0.2) is 0 Å². The smallest absolute Gasteiger partial charge is 0.329 e. The number of anilines is 1. The van der Waals surface area contributed by atoms with Gasteiger partial charge in [0.2, 0.25) is 29.5 Å². The lowest BCUT2D eigenvalue weighted by atomic mass is 9.55. The van der Waals surface area contributed by atoms with Crippen LogP contribution in [0.25, 0.3) is 11.0 Å². The topological polar surface area (TPSA) is 221 Å². The van der Waals surface area contributed by atoms with Gasteiger partial charge in [0.1, 0.15) is 17.3 Å². The van der Waals surface area contributed by atoms with Crippen LogP contribution < -0.4 is 27.0 Å². The molecule has 4 atom stereocenters. The molecule has 4 aromatic rings. The molecular weight excluding hydrogens is 951 g/mol. The summed E-state index contributed by atoms with van der Waals surface area (Å²) in [6.45, 7) is 0.734. The number of imide groups is 1. The Bertz CT molecular complexity index is 2880. The summed E-state index contributed by atoms with van der Waals surface area (Å²) < 4.78 is 30.8. The van der Waals surface area contributed by atoms with Crippen LogP contribution in [-0.4, -0.2) is 90.2 Å². The van der Waals surface area contributed by atoms with Gasteiger partial charge >= 0.3 is 13.3 Å². The molecule has 6 aliphatic rings. The summed E-state index contributed by atoms with van der Waals surface area (Å²) in [5, 5.41) is 12.7. The summed E-state index contributed by atoms with van der Waals surface area (Å²) in [5.74, 6) is -3.45. The minimum atomic E-state index is -4.47. The summed E-state index contributed by atoms with van der Waals surface area (Å²) in [7, 11) is -4.47. The molecule has 2 aliphatic carbocycles. The van der Waals surface area contributed by atoms with E-state index < -0.39 is 66.0 Å². The Hall–Kier alpha value is -4.90. The van der Waals surface area contributed by atoms with Crippen molar-refractivity contribution in [2.45, 2.75) is 131 Å². The maximum atomic E-state index is 16.4. The number of benzene rings is 3. The third-order valence-electron chi connectivity index (χ3n) is 16.1. The minimum absolute atomic E-state index is 0.0237. The SMILES string of the molecule is O=C1CCC(n2c(=O)n(CCP(=O)(O)O)c3cc(C4CCN(C(=O)C5CCC(NC(=O)[C@@H]6NC7(CCCCC7)[C@@]7(C(=O)Nc8cc(Cl)ccc87)[C@H]6c6cccc(Cl)c6F)CC5)CC4)ccc32)C(=O)N1. The van der Waals surface area contributed by atoms with E-state index >= 15 is 4.39 Å². The predicted molar refractivity (Wildman–Crippen MR) is 256 cm³/mol. The molecule has 20 heteroatoms. The lowest BCUT2D eigenvalue weighted by molar-refractivity contribution is -0.138. The number of halogens is 3. The fraction of sp³-hybridized carbons (Fsp3) is 0.510. The Balaban J connectivity index is 0.821. The number of carbonyl (C=O) groups excluding carboxylic acids is 5. The molecule has 5 heterocycles. The maximum Gasteiger partial charge on any atom is 0.329 e. The number of aromatic nitrogens is 2. The molecule has 0 bridgehead atoms. The van der Waals surface area contributed by atoms with Gasteiger partial charge in [-0.05, 0) is 111 Å². The number of carbonyl (C=O) groups is 5. The molecule has 3 saturated heterocycles. The van der Waals surface area contributed by atoms with Gasteiger partial charge in [0.05, 0.1) is 28.3 Å². The summed E-state index contributed by atoms with van der Waals surface area (Å²) in [6, 6.07) is 13.3. The number of hydrogen-bond acceptors (Lipinski definition) is 8. The van der Waals surface area contributed by atoms with Gasteiger partial charge in [-0.2, -0.15) is 0 Å². The number of nitrogens with zero attached hydrogens (tertiary/aromatic N) is 3. The fourth-order valence-electron chi connectivity index (χ4n) is 12.9. The van der Waals surface area contributed by atoms with Gasteiger partial charge in [0, 0.05) is 60.2 Å². The average Bonchev–Trinajstić information content (AvgIpc) is 3.89. The number of hydrogen-bond donors (Lipinski definition) is 6. The van der Waals surface area contributed by atoms with E-state index in [0.717, 1.165) is 24.8 Å². The minimum Gasteiger partial charge on any atom is -0.352 e. The highest BCUT2D eigenvalue weighted by Gasteiger charge is 2.72. The second-order valence-electron chi connectivity index (χ2n) is 19.9. The molecular formula is C49H55Cl2FN7O9P. The Morgan fingerprint density at radius 2 is 1.61 bits per heavy atom. The van der Waals surface area contributed by atoms with Crippen LogP contribution in [-0.2, 0) is 40.5 Å². The Kier molecular flexibility index (Phi) is 12.7. The van der Waals surface area contributed by atoms with E-state index in [1.54, 1.807) is 30.3 Å². The van der Waals surface area contributed by atoms with Crippen LogP contribution >= 0.6 is 30.8 Å². The Morgan fingerprint density at radius 1 is 0.870 bits per heavy atom. The van der Waals surface area contributed by atoms with Crippen molar-refractivity contribution < 1.29 is 42.7 Å². The van der Waals surface area contributed by atoms with E-state index in [-0.39, 0.29) is 65.6 Å². The van der Waals surface area contributed by atoms with E-state index in [0.29, 0.717) is 91.8 Å². The first-order valence-corrected chi connectivity index (χ1v) is 26.6. The number of fused-ring (bicyclic) bond motifs is 4. The third-order valence-corrected chi connectivity index (χ3v) is 17.4. The Morgan fingerprint density at radius 3 is 2.32 bits per heavy atom. The Labute approximate surface area is 407 Å². The number of aryl methyl sites for hydroxylation is 1. The van der Waals surface area contributed by atoms with Gasteiger partial charge in [-0.25, -0.2) is 9.18 Å².